The van der Waals surface area contributed by atoms with Crippen LogP contribution in [0.1, 0.15) is 35.2 Å². The van der Waals surface area contributed by atoms with Gasteiger partial charge in [0.25, 0.3) is 5.91 Å². The molecule has 0 heterocycles. The molecule has 0 bridgehead atoms. The van der Waals surface area contributed by atoms with E-state index in [0.29, 0.717) is 5.56 Å². The van der Waals surface area contributed by atoms with Gasteiger partial charge in [0.2, 0.25) is 0 Å². The van der Waals surface area contributed by atoms with Gasteiger partial charge in [0.05, 0.1) is 5.56 Å². The molecule has 1 aliphatic carbocycles. The number of nitrogens with one attached hydrogen (secondary N) is 1. The summed E-state index contributed by atoms with van der Waals surface area (Å²) in [6.45, 7) is 1.74. The van der Waals surface area contributed by atoms with Crippen LogP contribution in [-0.4, -0.2) is 11.9 Å². The molecule has 4 heteroatoms. The number of carbonyl (C=O) groups excluding carboxylic acids is 1. The van der Waals surface area contributed by atoms with E-state index in [1.165, 1.54) is 6.07 Å². The molecule has 16 heavy (non-hydrogen) atoms. The molecule has 0 saturated heterocycles. The molecule has 1 N–H and O–H groups in total. The van der Waals surface area contributed by atoms with E-state index in [0.717, 1.165) is 23.7 Å². The fraction of sp³-hybridized carbons (Fsp3) is 0.417. The van der Waals surface area contributed by atoms with Crippen molar-refractivity contribution in [1.82, 2.24) is 5.32 Å². The number of hydrogen-bond donors (Lipinski definition) is 1. The molecule has 0 atom stereocenters. The number of carbonyl (C=O) groups is 1. The second-order valence-electron chi connectivity index (χ2n) is 4.13. The third kappa shape index (κ3) is 2.12. The molecule has 1 aromatic carbocycles. The minimum Gasteiger partial charge on any atom is -0.349 e. The quantitative estimate of drug-likeness (QED) is 0.889. The van der Waals surface area contributed by atoms with Gasteiger partial charge in [0, 0.05) is 10.5 Å². The molecular formula is C12H13BrFNO. The van der Waals surface area contributed by atoms with E-state index in [-0.39, 0.29) is 17.5 Å². The molecule has 0 aromatic heterocycles. The van der Waals surface area contributed by atoms with Crippen LogP contribution >= 0.6 is 15.9 Å². The highest BCUT2D eigenvalue weighted by Gasteiger charge is 2.23. The third-order valence-electron chi connectivity index (χ3n) is 3.02. The summed E-state index contributed by atoms with van der Waals surface area (Å²) in [5, 5.41) is 2.84. The van der Waals surface area contributed by atoms with Gasteiger partial charge < -0.3 is 5.32 Å². The predicted octanol–water partition coefficient (Wildman–Crippen LogP) is 3.18. The topological polar surface area (TPSA) is 29.1 Å². The van der Waals surface area contributed by atoms with Crippen LogP contribution in [-0.2, 0) is 0 Å². The smallest absolute Gasteiger partial charge is 0.254 e. The van der Waals surface area contributed by atoms with E-state index in [1.54, 1.807) is 13.0 Å². The summed E-state index contributed by atoms with van der Waals surface area (Å²) >= 11 is 3.30. The lowest BCUT2D eigenvalue weighted by atomic mass is 9.92. The van der Waals surface area contributed by atoms with E-state index in [4.69, 9.17) is 0 Å². The van der Waals surface area contributed by atoms with Crippen molar-refractivity contribution in [2.24, 2.45) is 0 Å². The predicted molar refractivity (Wildman–Crippen MR) is 63.9 cm³/mol. The molecule has 1 aliphatic rings. The van der Waals surface area contributed by atoms with Crippen LogP contribution in [0.2, 0.25) is 0 Å². The van der Waals surface area contributed by atoms with Crippen LogP contribution in [0.3, 0.4) is 0 Å². The summed E-state index contributed by atoms with van der Waals surface area (Å²) in [6, 6.07) is 3.16. The number of amides is 1. The van der Waals surface area contributed by atoms with Crippen LogP contribution in [0, 0.1) is 12.7 Å². The number of rotatable bonds is 2. The lowest BCUT2D eigenvalue weighted by Gasteiger charge is -2.26. The first-order valence-corrected chi connectivity index (χ1v) is 6.14. The highest BCUT2D eigenvalue weighted by atomic mass is 79.9. The molecule has 1 aromatic rings. The first-order chi connectivity index (χ1) is 7.59. The van der Waals surface area contributed by atoms with Crippen molar-refractivity contribution in [3.63, 3.8) is 0 Å². The van der Waals surface area contributed by atoms with Gasteiger partial charge in [-0.1, -0.05) is 15.9 Å². The Morgan fingerprint density at radius 2 is 2.19 bits per heavy atom. The second-order valence-corrected chi connectivity index (χ2v) is 4.98. The zero-order valence-corrected chi connectivity index (χ0v) is 10.6. The average molecular weight is 286 g/mol. The SMILES string of the molecule is Cc1c(Br)ccc(F)c1C(=O)NC1CCC1. The zero-order valence-electron chi connectivity index (χ0n) is 9.02. The summed E-state index contributed by atoms with van der Waals surface area (Å²) in [4.78, 5) is 11.9. The molecule has 1 amide bonds. The van der Waals surface area contributed by atoms with Gasteiger partial charge in [0.15, 0.2) is 0 Å². The first-order valence-electron chi connectivity index (χ1n) is 5.35. The maximum absolute atomic E-state index is 13.6. The summed E-state index contributed by atoms with van der Waals surface area (Å²) in [5.74, 6) is -0.765. The third-order valence-corrected chi connectivity index (χ3v) is 3.87. The summed E-state index contributed by atoms with van der Waals surface area (Å²) in [6.07, 6.45) is 3.14. The monoisotopic (exact) mass is 285 g/mol. The largest absolute Gasteiger partial charge is 0.349 e. The normalized spacial score (nSPS) is 15.7. The Morgan fingerprint density at radius 1 is 1.50 bits per heavy atom. The highest BCUT2D eigenvalue weighted by molar-refractivity contribution is 9.10. The zero-order chi connectivity index (χ0) is 11.7. The Bertz CT molecular complexity index is 429. The van der Waals surface area contributed by atoms with Gasteiger partial charge in [-0.3, -0.25) is 4.79 Å². The van der Waals surface area contributed by atoms with Crippen LogP contribution in [0.15, 0.2) is 16.6 Å². The van der Waals surface area contributed by atoms with Crippen molar-refractivity contribution < 1.29 is 9.18 Å². The minimum atomic E-state index is -0.461. The first kappa shape index (κ1) is 11.6. The van der Waals surface area contributed by atoms with Gasteiger partial charge in [-0.05, 0) is 43.9 Å². The molecule has 0 unspecified atom stereocenters. The fourth-order valence-corrected chi connectivity index (χ4v) is 2.07. The lowest BCUT2D eigenvalue weighted by molar-refractivity contribution is 0.0912. The van der Waals surface area contributed by atoms with Crippen LogP contribution in [0.25, 0.3) is 0 Å². The molecule has 0 radical (unpaired) electrons. The number of hydrogen-bond acceptors (Lipinski definition) is 1. The molecule has 86 valence electrons. The Hall–Kier alpha value is -0.900. The number of benzene rings is 1. The fourth-order valence-electron chi connectivity index (χ4n) is 1.74. The molecule has 1 fully saturated rings. The maximum Gasteiger partial charge on any atom is 0.254 e. The van der Waals surface area contributed by atoms with Gasteiger partial charge in [0.1, 0.15) is 5.82 Å². The van der Waals surface area contributed by atoms with Gasteiger partial charge in [-0.2, -0.15) is 0 Å². The summed E-state index contributed by atoms with van der Waals surface area (Å²) in [7, 11) is 0. The highest BCUT2D eigenvalue weighted by Crippen LogP contribution is 2.24. The Labute approximate surface area is 102 Å². The molecule has 0 aliphatic heterocycles. The van der Waals surface area contributed by atoms with E-state index >= 15 is 0 Å². The van der Waals surface area contributed by atoms with Gasteiger partial charge in [-0.15, -0.1) is 0 Å². The van der Waals surface area contributed by atoms with Crippen molar-refractivity contribution in [2.75, 3.05) is 0 Å². The van der Waals surface area contributed by atoms with Crippen LogP contribution in [0.5, 0.6) is 0 Å². The Kier molecular flexibility index (Phi) is 3.28. The standard InChI is InChI=1S/C12H13BrFNO/c1-7-9(13)5-6-10(14)11(7)12(16)15-8-3-2-4-8/h5-6,8H,2-4H2,1H3,(H,15,16). The molecule has 2 nitrogen and oxygen atoms in total. The van der Waals surface area contributed by atoms with Crippen molar-refractivity contribution in [2.45, 2.75) is 32.2 Å². The Balaban J connectivity index is 2.24. The van der Waals surface area contributed by atoms with E-state index < -0.39 is 5.82 Å². The minimum absolute atomic E-state index is 0.154. The molecule has 2 rings (SSSR count). The summed E-state index contributed by atoms with van der Waals surface area (Å²) < 4.78 is 14.3. The van der Waals surface area contributed by atoms with Gasteiger partial charge in [-0.25, -0.2) is 4.39 Å². The van der Waals surface area contributed by atoms with Crippen LogP contribution in [0.4, 0.5) is 4.39 Å². The number of halogens is 2. The second kappa shape index (κ2) is 4.53. The lowest BCUT2D eigenvalue weighted by Crippen LogP contribution is -2.40. The van der Waals surface area contributed by atoms with Crippen LogP contribution < -0.4 is 5.32 Å². The molecular weight excluding hydrogens is 273 g/mol. The van der Waals surface area contributed by atoms with E-state index in [1.807, 2.05) is 0 Å². The average Bonchev–Trinajstić information content (AvgIpc) is 2.18. The summed E-state index contributed by atoms with van der Waals surface area (Å²) in [5.41, 5.74) is 0.804. The van der Waals surface area contributed by atoms with Crippen molar-refractivity contribution in [1.29, 1.82) is 0 Å². The van der Waals surface area contributed by atoms with Gasteiger partial charge >= 0.3 is 0 Å². The van der Waals surface area contributed by atoms with Crippen molar-refractivity contribution >= 4 is 21.8 Å². The Morgan fingerprint density at radius 3 is 2.75 bits per heavy atom. The van der Waals surface area contributed by atoms with E-state index in [9.17, 15) is 9.18 Å². The molecule has 0 spiro atoms. The van der Waals surface area contributed by atoms with Crippen molar-refractivity contribution in [3.05, 3.63) is 33.5 Å². The molecule has 1 saturated carbocycles. The van der Waals surface area contributed by atoms with E-state index in [2.05, 4.69) is 21.2 Å². The maximum atomic E-state index is 13.6. The van der Waals surface area contributed by atoms with Crippen molar-refractivity contribution in [3.8, 4) is 0 Å².